The van der Waals surface area contributed by atoms with Crippen molar-refractivity contribution in [2.75, 3.05) is 0 Å². The van der Waals surface area contributed by atoms with Crippen LogP contribution >= 0.6 is 0 Å². The van der Waals surface area contributed by atoms with Crippen LogP contribution < -0.4 is 5.43 Å². The van der Waals surface area contributed by atoms with Crippen LogP contribution in [0.5, 0.6) is 11.5 Å². The summed E-state index contributed by atoms with van der Waals surface area (Å²) in [6, 6.07) is 13.4. The molecular formula is C15H14N2O3. The molecular weight excluding hydrogens is 256 g/mol. The predicted octanol–water partition coefficient (Wildman–Crippen LogP) is 1.79. The molecule has 0 atom stereocenters. The smallest absolute Gasteiger partial charge is 0.244 e. The molecule has 2 aromatic rings. The minimum Gasteiger partial charge on any atom is -0.508 e. The van der Waals surface area contributed by atoms with Crippen LogP contribution in [-0.2, 0) is 11.2 Å². The first kappa shape index (κ1) is 13.6. The standard InChI is InChI=1S/C15H14N2O3/c18-13-6-7-14(19)12(9-13)10-16-17-15(20)8-11-4-2-1-3-5-11/h1-7,9-10,18-19H,8H2,(H,17,20)/b16-10+. The molecule has 5 heteroatoms. The molecule has 1 amide bonds. The summed E-state index contributed by atoms with van der Waals surface area (Å²) in [4.78, 5) is 11.6. The highest BCUT2D eigenvalue weighted by molar-refractivity contribution is 5.86. The van der Waals surface area contributed by atoms with Crippen molar-refractivity contribution in [3.8, 4) is 11.5 Å². The second kappa shape index (κ2) is 6.38. The Labute approximate surface area is 116 Å². The third kappa shape index (κ3) is 3.84. The monoisotopic (exact) mass is 270 g/mol. The van der Waals surface area contributed by atoms with Crippen LogP contribution in [0.15, 0.2) is 53.6 Å². The van der Waals surface area contributed by atoms with Gasteiger partial charge >= 0.3 is 0 Å². The molecule has 0 unspecified atom stereocenters. The third-order valence-corrected chi connectivity index (χ3v) is 2.61. The number of amides is 1. The van der Waals surface area contributed by atoms with Gasteiger partial charge in [0.25, 0.3) is 0 Å². The molecule has 0 aliphatic heterocycles. The van der Waals surface area contributed by atoms with Crippen LogP contribution in [0.4, 0.5) is 0 Å². The van der Waals surface area contributed by atoms with Gasteiger partial charge in [-0.1, -0.05) is 30.3 Å². The minimum atomic E-state index is -0.257. The molecule has 0 aromatic heterocycles. The van der Waals surface area contributed by atoms with Crippen molar-refractivity contribution in [1.29, 1.82) is 0 Å². The first-order valence-electron chi connectivity index (χ1n) is 6.03. The zero-order valence-corrected chi connectivity index (χ0v) is 10.7. The van der Waals surface area contributed by atoms with E-state index in [2.05, 4.69) is 10.5 Å². The molecule has 0 saturated heterocycles. The highest BCUT2D eigenvalue weighted by Gasteiger charge is 2.02. The van der Waals surface area contributed by atoms with E-state index in [1.54, 1.807) is 0 Å². The van der Waals surface area contributed by atoms with Gasteiger partial charge in [0.15, 0.2) is 0 Å². The maximum absolute atomic E-state index is 11.6. The van der Waals surface area contributed by atoms with Gasteiger partial charge in [-0.25, -0.2) is 5.43 Å². The average Bonchev–Trinajstić information content (AvgIpc) is 2.44. The number of rotatable bonds is 4. The molecule has 0 aliphatic rings. The molecule has 0 fully saturated rings. The van der Waals surface area contributed by atoms with Crippen molar-refractivity contribution in [2.24, 2.45) is 5.10 Å². The summed E-state index contributed by atoms with van der Waals surface area (Å²) in [5.74, 6) is -0.268. The van der Waals surface area contributed by atoms with Crippen LogP contribution in [0.1, 0.15) is 11.1 Å². The number of hydrazone groups is 1. The molecule has 2 rings (SSSR count). The van der Waals surface area contributed by atoms with Gasteiger partial charge in [0.1, 0.15) is 11.5 Å². The summed E-state index contributed by atoms with van der Waals surface area (Å²) in [5, 5.41) is 22.5. The number of carbonyl (C=O) groups excluding carboxylic acids is 1. The van der Waals surface area contributed by atoms with Gasteiger partial charge in [-0.2, -0.15) is 5.10 Å². The quantitative estimate of drug-likeness (QED) is 0.450. The van der Waals surface area contributed by atoms with Gasteiger partial charge < -0.3 is 10.2 Å². The van der Waals surface area contributed by atoms with E-state index in [1.165, 1.54) is 24.4 Å². The summed E-state index contributed by atoms with van der Waals surface area (Å²) in [5.41, 5.74) is 3.58. The van der Waals surface area contributed by atoms with Gasteiger partial charge in [0.05, 0.1) is 12.6 Å². The lowest BCUT2D eigenvalue weighted by atomic mass is 10.1. The van der Waals surface area contributed by atoms with Gasteiger partial charge in [-0.3, -0.25) is 4.79 Å². The van der Waals surface area contributed by atoms with Crippen molar-refractivity contribution in [2.45, 2.75) is 6.42 Å². The summed E-state index contributed by atoms with van der Waals surface area (Å²) in [7, 11) is 0. The van der Waals surface area contributed by atoms with Crippen molar-refractivity contribution < 1.29 is 15.0 Å². The topological polar surface area (TPSA) is 81.9 Å². The van der Waals surface area contributed by atoms with Gasteiger partial charge in [0, 0.05) is 5.56 Å². The Kier molecular flexibility index (Phi) is 4.34. The number of phenols is 2. The van der Waals surface area contributed by atoms with Crippen molar-refractivity contribution in [3.63, 3.8) is 0 Å². The number of hydrogen-bond donors (Lipinski definition) is 3. The maximum Gasteiger partial charge on any atom is 0.244 e. The lowest BCUT2D eigenvalue weighted by Crippen LogP contribution is -2.19. The van der Waals surface area contributed by atoms with E-state index in [4.69, 9.17) is 0 Å². The second-order valence-electron chi connectivity index (χ2n) is 4.20. The molecule has 0 heterocycles. The van der Waals surface area contributed by atoms with Crippen molar-refractivity contribution >= 4 is 12.1 Å². The Morgan fingerprint density at radius 2 is 1.90 bits per heavy atom. The highest BCUT2D eigenvalue weighted by Crippen LogP contribution is 2.19. The Hall–Kier alpha value is -2.82. The third-order valence-electron chi connectivity index (χ3n) is 2.61. The number of nitrogens with zero attached hydrogens (tertiary/aromatic N) is 1. The van der Waals surface area contributed by atoms with E-state index in [-0.39, 0.29) is 23.8 Å². The first-order chi connectivity index (χ1) is 9.65. The fraction of sp³-hybridized carbons (Fsp3) is 0.0667. The van der Waals surface area contributed by atoms with Crippen molar-refractivity contribution in [1.82, 2.24) is 5.43 Å². The number of benzene rings is 2. The molecule has 2 aromatic carbocycles. The minimum absolute atomic E-state index is 0.0138. The maximum atomic E-state index is 11.6. The van der Waals surface area contributed by atoms with Gasteiger partial charge in [0.2, 0.25) is 5.91 Å². The Balaban J connectivity index is 1.93. The molecule has 0 spiro atoms. The van der Waals surface area contributed by atoms with E-state index < -0.39 is 0 Å². The second-order valence-corrected chi connectivity index (χ2v) is 4.20. The zero-order chi connectivity index (χ0) is 14.4. The van der Waals surface area contributed by atoms with E-state index in [0.29, 0.717) is 5.56 Å². The molecule has 0 radical (unpaired) electrons. The SMILES string of the molecule is O=C(Cc1ccccc1)N/N=C/c1cc(O)ccc1O. The molecule has 3 N–H and O–H groups in total. The summed E-state index contributed by atoms with van der Waals surface area (Å²) in [6.45, 7) is 0. The Morgan fingerprint density at radius 1 is 1.15 bits per heavy atom. The number of nitrogens with one attached hydrogen (secondary N) is 1. The van der Waals surface area contributed by atoms with Crippen molar-refractivity contribution in [3.05, 3.63) is 59.7 Å². The first-order valence-corrected chi connectivity index (χ1v) is 6.03. The normalized spacial score (nSPS) is 10.6. The van der Waals surface area contributed by atoms with Crippen LogP contribution in [0.25, 0.3) is 0 Å². The van der Waals surface area contributed by atoms with Crippen LogP contribution in [-0.4, -0.2) is 22.3 Å². The number of phenolic OH excluding ortho intramolecular Hbond substituents is 2. The van der Waals surface area contributed by atoms with Crippen LogP contribution in [0.3, 0.4) is 0 Å². The zero-order valence-electron chi connectivity index (χ0n) is 10.7. The summed E-state index contributed by atoms with van der Waals surface area (Å²) >= 11 is 0. The van der Waals surface area contributed by atoms with E-state index >= 15 is 0 Å². The number of carbonyl (C=O) groups is 1. The molecule has 102 valence electrons. The largest absolute Gasteiger partial charge is 0.508 e. The summed E-state index contributed by atoms with van der Waals surface area (Å²) < 4.78 is 0. The summed E-state index contributed by atoms with van der Waals surface area (Å²) in [6.07, 6.45) is 1.50. The van der Waals surface area contributed by atoms with E-state index in [9.17, 15) is 15.0 Å². The van der Waals surface area contributed by atoms with Crippen LogP contribution in [0, 0.1) is 0 Å². The molecule has 20 heavy (non-hydrogen) atoms. The molecule has 5 nitrogen and oxygen atoms in total. The molecule has 0 aliphatic carbocycles. The van der Waals surface area contributed by atoms with Gasteiger partial charge in [-0.05, 0) is 23.8 Å². The number of hydrogen-bond acceptors (Lipinski definition) is 4. The van der Waals surface area contributed by atoms with E-state index in [1.807, 2.05) is 30.3 Å². The lowest BCUT2D eigenvalue weighted by Gasteiger charge is -2.01. The number of aromatic hydroxyl groups is 2. The Morgan fingerprint density at radius 3 is 2.65 bits per heavy atom. The molecule has 0 bridgehead atoms. The fourth-order valence-electron chi connectivity index (χ4n) is 1.64. The van der Waals surface area contributed by atoms with Gasteiger partial charge in [-0.15, -0.1) is 0 Å². The van der Waals surface area contributed by atoms with E-state index in [0.717, 1.165) is 5.56 Å². The van der Waals surface area contributed by atoms with Crippen LogP contribution in [0.2, 0.25) is 0 Å². The Bertz CT molecular complexity index is 624. The fourth-order valence-corrected chi connectivity index (χ4v) is 1.64. The predicted molar refractivity (Wildman–Crippen MR) is 75.7 cm³/mol. The highest BCUT2D eigenvalue weighted by atomic mass is 16.3. The average molecular weight is 270 g/mol. The molecule has 0 saturated carbocycles. The lowest BCUT2D eigenvalue weighted by molar-refractivity contribution is -0.120.